The zero-order valence-corrected chi connectivity index (χ0v) is 9.34. The van der Waals surface area contributed by atoms with Gasteiger partial charge in [-0.15, -0.1) is 0 Å². The van der Waals surface area contributed by atoms with Crippen molar-refractivity contribution in [2.45, 2.75) is 26.4 Å². The molecule has 0 saturated heterocycles. The minimum absolute atomic E-state index is 0.0419. The number of hydrogen-bond donors (Lipinski definition) is 1. The van der Waals surface area contributed by atoms with Crippen LogP contribution < -0.4 is 4.74 Å². The first-order valence-electron chi connectivity index (χ1n) is 5.15. The van der Waals surface area contributed by atoms with Gasteiger partial charge in [-0.3, -0.25) is 10.1 Å². The number of rotatable bonds is 5. The van der Waals surface area contributed by atoms with Crippen molar-refractivity contribution < 1.29 is 14.8 Å². The van der Waals surface area contributed by atoms with Crippen LogP contribution in [0.4, 0.5) is 5.69 Å². The van der Waals surface area contributed by atoms with E-state index >= 15 is 0 Å². The molecule has 0 heterocycles. The van der Waals surface area contributed by atoms with Gasteiger partial charge in [-0.05, 0) is 19.4 Å². The van der Waals surface area contributed by atoms with Crippen LogP contribution in [0.3, 0.4) is 0 Å². The average molecular weight is 225 g/mol. The number of ether oxygens (including phenoxy) is 1. The van der Waals surface area contributed by atoms with Gasteiger partial charge in [0.1, 0.15) is 5.75 Å². The third-order valence-corrected chi connectivity index (χ3v) is 2.12. The number of aliphatic hydroxyl groups is 1. The van der Waals surface area contributed by atoms with E-state index in [4.69, 9.17) is 4.74 Å². The van der Waals surface area contributed by atoms with Gasteiger partial charge >= 0.3 is 0 Å². The Morgan fingerprint density at radius 3 is 2.75 bits per heavy atom. The summed E-state index contributed by atoms with van der Waals surface area (Å²) >= 11 is 0. The molecule has 0 aliphatic heterocycles. The van der Waals surface area contributed by atoms with Gasteiger partial charge in [-0.1, -0.05) is 6.92 Å². The first kappa shape index (κ1) is 12.4. The van der Waals surface area contributed by atoms with Gasteiger partial charge < -0.3 is 9.84 Å². The molecule has 88 valence electrons. The van der Waals surface area contributed by atoms with Crippen LogP contribution in [0.15, 0.2) is 18.2 Å². The molecule has 0 amide bonds. The molecule has 1 N–H and O–H groups in total. The van der Waals surface area contributed by atoms with E-state index in [0.717, 1.165) is 6.42 Å². The number of hydrogen-bond acceptors (Lipinski definition) is 4. The SMILES string of the molecule is CCCOc1ccc([N+](=O)[O-])cc1C(C)O. The first-order valence-corrected chi connectivity index (χ1v) is 5.15. The van der Waals surface area contributed by atoms with E-state index in [2.05, 4.69) is 0 Å². The average Bonchev–Trinajstić information content (AvgIpc) is 2.25. The van der Waals surface area contributed by atoms with E-state index in [1.54, 1.807) is 6.92 Å². The fraction of sp³-hybridized carbons (Fsp3) is 0.455. The monoisotopic (exact) mass is 225 g/mol. The van der Waals surface area contributed by atoms with Gasteiger partial charge in [0, 0.05) is 17.7 Å². The lowest BCUT2D eigenvalue weighted by atomic mass is 10.1. The lowest BCUT2D eigenvalue weighted by Crippen LogP contribution is -2.02. The molecule has 0 aliphatic rings. The predicted molar refractivity (Wildman–Crippen MR) is 59.5 cm³/mol. The van der Waals surface area contributed by atoms with Gasteiger partial charge in [0.25, 0.3) is 5.69 Å². The molecule has 1 aromatic rings. The quantitative estimate of drug-likeness (QED) is 0.617. The number of non-ortho nitro benzene ring substituents is 1. The van der Waals surface area contributed by atoms with Crippen molar-refractivity contribution in [1.82, 2.24) is 0 Å². The Kier molecular flexibility index (Phi) is 4.25. The summed E-state index contributed by atoms with van der Waals surface area (Å²) in [7, 11) is 0. The molecule has 0 radical (unpaired) electrons. The number of aliphatic hydroxyl groups excluding tert-OH is 1. The van der Waals surface area contributed by atoms with Crippen molar-refractivity contribution in [3.8, 4) is 5.75 Å². The minimum Gasteiger partial charge on any atom is -0.493 e. The van der Waals surface area contributed by atoms with E-state index in [9.17, 15) is 15.2 Å². The summed E-state index contributed by atoms with van der Waals surface area (Å²) in [6.45, 7) is 4.04. The van der Waals surface area contributed by atoms with Crippen molar-refractivity contribution in [3.05, 3.63) is 33.9 Å². The Labute approximate surface area is 93.8 Å². The zero-order valence-electron chi connectivity index (χ0n) is 9.34. The van der Waals surface area contributed by atoms with Crippen LogP contribution in [0.5, 0.6) is 5.75 Å². The molecule has 16 heavy (non-hydrogen) atoms. The Balaban J connectivity index is 3.04. The third-order valence-electron chi connectivity index (χ3n) is 2.12. The van der Waals surface area contributed by atoms with Crippen molar-refractivity contribution in [3.63, 3.8) is 0 Å². The lowest BCUT2D eigenvalue weighted by Gasteiger charge is -2.12. The highest BCUT2D eigenvalue weighted by Gasteiger charge is 2.14. The molecule has 1 unspecified atom stereocenters. The van der Waals surface area contributed by atoms with E-state index in [1.807, 2.05) is 6.92 Å². The van der Waals surface area contributed by atoms with Crippen LogP contribution in [0.2, 0.25) is 0 Å². The van der Waals surface area contributed by atoms with E-state index in [1.165, 1.54) is 18.2 Å². The maximum atomic E-state index is 10.6. The van der Waals surface area contributed by atoms with Gasteiger partial charge in [0.2, 0.25) is 0 Å². The Hall–Kier alpha value is -1.62. The number of benzene rings is 1. The molecule has 1 aromatic carbocycles. The van der Waals surface area contributed by atoms with Crippen molar-refractivity contribution in [1.29, 1.82) is 0 Å². The molecule has 0 fully saturated rings. The molecule has 0 aromatic heterocycles. The Bertz CT molecular complexity index is 376. The number of nitro groups is 1. The van der Waals surface area contributed by atoms with E-state index < -0.39 is 11.0 Å². The summed E-state index contributed by atoms with van der Waals surface area (Å²) in [6.07, 6.45) is 0.0581. The predicted octanol–water partition coefficient (Wildman–Crippen LogP) is 2.44. The Morgan fingerprint density at radius 1 is 1.56 bits per heavy atom. The van der Waals surface area contributed by atoms with Crippen LogP contribution in [0.1, 0.15) is 31.9 Å². The van der Waals surface area contributed by atoms with E-state index in [0.29, 0.717) is 17.9 Å². The minimum atomic E-state index is -0.785. The molecular weight excluding hydrogens is 210 g/mol. The van der Waals surface area contributed by atoms with Gasteiger partial charge in [0.05, 0.1) is 17.6 Å². The summed E-state index contributed by atoms with van der Waals surface area (Å²) in [5.74, 6) is 0.502. The largest absolute Gasteiger partial charge is 0.493 e. The van der Waals surface area contributed by atoms with Gasteiger partial charge in [-0.25, -0.2) is 0 Å². The molecule has 0 saturated carbocycles. The second-order valence-corrected chi connectivity index (χ2v) is 3.50. The zero-order chi connectivity index (χ0) is 12.1. The number of nitrogens with zero attached hydrogens (tertiary/aromatic N) is 1. The fourth-order valence-electron chi connectivity index (χ4n) is 1.32. The molecular formula is C11H15NO4. The van der Waals surface area contributed by atoms with Gasteiger partial charge in [-0.2, -0.15) is 0 Å². The molecule has 0 spiro atoms. The summed E-state index contributed by atoms with van der Waals surface area (Å²) < 4.78 is 5.40. The van der Waals surface area contributed by atoms with Crippen LogP contribution in [0.25, 0.3) is 0 Å². The summed E-state index contributed by atoms with van der Waals surface area (Å²) in [6, 6.07) is 4.24. The maximum absolute atomic E-state index is 10.6. The van der Waals surface area contributed by atoms with Crippen LogP contribution in [0, 0.1) is 10.1 Å². The first-order chi connectivity index (χ1) is 7.56. The summed E-state index contributed by atoms with van der Waals surface area (Å²) in [5, 5.41) is 20.1. The van der Waals surface area contributed by atoms with E-state index in [-0.39, 0.29) is 5.69 Å². The topological polar surface area (TPSA) is 72.6 Å². The van der Waals surface area contributed by atoms with Crippen LogP contribution >= 0.6 is 0 Å². The Morgan fingerprint density at radius 2 is 2.25 bits per heavy atom. The van der Waals surface area contributed by atoms with Crippen LogP contribution in [-0.2, 0) is 0 Å². The molecule has 1 rings (SSSR count). The third kappa shape index (κ3) is 2.93. The molecule has 1 atom stereocenters. The second kappa shape index (κ2) is 5.46. The van der Waals surface area contributed by atoms with Gasteiger partial charge in [0.15, 0.2) is 0 Å². The highest BCUT2D eigenvalue weighted by Crippen LogP contribution is 2.29. The normalized spacial score (nSPS) is 12.2. The smallest absolute Gasteiger partial charge is 0.270 e. The lowest BCUT2D eigenvalue weighted by molar-refractivity contribution is -0.385. The van der Waals surface area contributed by atoms with Crippen molar-refractivity contribution in [2.24, 2.45) is 0 Å². The molecule has 0 bridgehead atoms. The fourth-order valence-corrected chi connectivity index (χ4v) is 1.32. The van der Waals surface area contributed by atoms with Crippen LogP contribution in [-0.4, -0.2) is 16.6 Å². The standard InChI is InChI=1S/C11H15NO4/c1-3-6-16-11-5-4-9(12(14)15)7-10(11)8(2)13/h4-5,7-8,13H,3,6H2,1-2H3. The summed E-state index contributed by atoms with van der Waals surface area (Å²) in [5.41, 5.74) is 0.405. The molecule has 5 nitrogen and oxygen atoms in total. The summed E-state index contributed by atoms with van der Waals surface area (Å²) in [4.78, 5) is 10.1. The highest BCUT2D eigenvalue weighted by molar-refractivity contribution is 5.44. The van der Waals surface area contributed by atoms with Crippen molar-refractivity contribution >= 4 is 5.69 Å². The molecule has 0 aliphatic carbocycles. The second-order valence-electron chi connectivity index (χ2n) is 3.50. The van der Waals surface area contributed by atoms with Crippen molar-refractivity contribution in [2.75, 3.05) is 6.61 Å². The highest BCUT2D eigenvalue weighted by atomic mass is 16.6. The number of nitro benzene ring substituents is 1. The molecule has 5 heteroatoms. The maximum Gasteiger partial charge on any atom is 0.270 e.